The van der Waals surface area contributed by atoms with E-state index in [0.717, 1.165) is 64.8 Å². The highest BCUT2D eigenvalue weighted by molar-refractivity contribution is 14.0. The molecule has 2 aliphatic heterocycles. The second kappa shape index (κ2) is 14.1. The van der Waals surface area contributed by atoms with Gasteiger partial charge in [-0.2, -0.15) is 0 Å². The zero-order chi connectivity index (χ0) is 20.3. The molecule has 0 amide bonds. The Hall–Kier alpha value is -1.06. The van der Waals surface area contributed by atoms with Crippen LogP contribution in [0.2, 0.25) is 0 Å². The minimum absolute atomic E-state index is 0. The number of nitrogens with zero attached hydrogens (tertiary/aromatic N) is 3. The van der Waals surface area contributed by atoms with Crippen molar-refractivity contribution in [1.29, 1.82) is 0 Å². The minimum atomic E-state index is 0. The highest BCUT2D eigenvalue weighted by Gasteiger charge is 2.17. The van der Waals surface area contributed by atoms with Gasteiger partial charge in [-0.05, 0) is 63.8 Å². The molecular formula is C23H40IN5O. The maximum Gasteiger partial charge on any atom is 0.191 e. The number of nitrogens with one attached hydrogen (secondary N) is 2. The monoisotopic (exact) mass is 529 g/mol. The fraction of sp³-hybridized carbons (Fsp3) is 0.696. The molecule has 0 radical (unpaired) electrons. The molecule has 2 fully saturated rings. The number of aliphatic imine (C=N–C) groups is 1. The predicted molar refractivity (Wildman–Crippen MR) is 137 cm³/mol. The van der Waals surface area contributed by atoms with Crippen LogP contribution in [0.5, 0.6) is 0 Å². The van der Waals surface area contributed by atoms with Gasteiger partial charge in [-0.15, -0.1) is 24.0 Å². The summed E-state index contributed by atoms with van der Waals surface area (Å²) in [6.45, 7) is 13.6. The van der Waals surface area contributed by atoms with E-state index in [2.05, 4.69) is 63.5 Å². The summed E-state index contributed by atoms with van der Waals surface area (Å²) in [4.78, 5) is 9.79. The summed E-state index contributed by atoms with van der Waals surface area (Å²) in [5.41, 5.74) is 2.71. The SMILES string of the molecule is CCNC(=NCC1CCCO1)NCCCCN1CCN(c2cccc(C)c2)CC1.I. The number of benzene rings is 1. The Morgan fingerprint density at radius 2 is 2.00 bits per heavy atom. The number of hydrogen-bond acceptors (Lipinski definition) is 4. The lowest BCUT2D eigenvalue weighted by Gasteiger charge is -2.36. The van der Waals surface area contributed by atoms with Crippen molar-refractivity contribution < 1.29 is 4.74 Å². The lowest BCUT2D eigenvalue weighted by atomic mass is 10.2. The van der Waals surface area contributed by atoms with E-state index in [-0.39, 0.29) is 24.0 Å². The quantitative estimate of drug-likeness (QED) is 0.223. The molecule has 2 heterocycles. The van der Waals surface area contributed by atoms with Crippen LogP contribution in [0.25, 0.3) is 0 Å². The van der Waals surface area contributed by atoms with Crippen LogP contribution in [-0.4, -0.2) is 75.9 Å². The van der Waals surface area contributed by atoms with Crippen LogP contribution in [0.1, 0.15) is 38.2 Å². The third-order valence-corrected chi connectivity index (χ3v) is 5.75. The zero-order valence-electron chi connectivity index (χ0n) is 18.7. The van der Waals surface area contributed by atoms with Gasteiger partial charge in [0.1, 0.15) is 0 Å². The van der Waals surface area contributed by atoms with Crippen molar-refractivity contribution in [2.75, 3.05) is 63.9 Å². The maximum absolute atomic E-state index is 5.66. The lowest BCUT2D eigenvalue weighted by molar-refractivity contribution is 0.117. The Balaban J connectivity index is 0.00000320. The van der Waals surface area contributed by atoms with Crippen molar-refractivity contribution in [3.63, 3.8) is 0 Å². The van der Waals surface area contributed by atoms with E-state index in [1.54, 1.807) is 0 Å². The number of rotatable bonds is 9. The Morgan fingerprint density at radius 3 is 2.70 bits per heavy atom. The minimum Gasteiger partial charge on any atom is -0.376 e. The summed E-state index contributed by atoms with van der Waals surface area (Å²) in [5, 5.41) is 6.81. The normalized spacial score (nSPS) is 20.1. The molecule has 6 nitrogen and oxygen atoms in total. The van der Waals surface area contributed by atoms with Crippen LogP contribution in [0, 0.1) is 6.92 Å². The fourth-order valence-electron chi connectivity index (χ4n) is 4.04. The largest absolute Gasteiger partial charge is 0.376 e. The van der Waals surface area contributed by atoms with Gasteiger partial charge in [0.25, 0.3) is 0 Å². The molecular weight excluding hydrogens is 489 g/mol. The van der Waals surface area contributed by atoms with Crippen molar-refractivity contribution in [1.82, 2.24) is 15.5 Å². The Bertz CT molecular complexity index is 628. The first-order valence-corrected chi connectivity index (χ1v) is 11.4. The highest BCUT2D eigenvalue weighted by atomic mass is 127. The first kappa shape index (κ1) is 25.2. The van der Waals surface area contributed by atoms with E-state index in [1.165, 1.54) is 37.1 Å². The Kier molecular flexibility index (Phi) is 11.8. The van der Waals surface area contributed by atoms with E-state index in [9.17, 15) is 0 Å². The van der Waals surface area contributed by atoms with Gasteiger partial charge in [0.2, 0.25) is 0 Å². The van der Waals surface area contributed by atoms with Crippen LogP contribution >= 0.6 is 24.0 Å². The molecule has 2 aliphatic rings. The molecule has 1 aromatic rings. The highest BCUT2D eigenvalue weighted by Crippen LogP contribution is 2.18. The molecule has 7 heteroatoms. The van der Waals surface area contributed by atoms with Crippen molar-refractivity contribution in [2.24, 2.45) is 4.99 Å². The lowest BCUT2D eigenvalue weighted by Crippen LogP contribution is -2.46. The van der Waals surface area contributed by atoms with E-state index in [4.69, 9.17) is 4.74 Å². The summed E-state index contributed by atoms with van der Waals surface area (Å²) in [5.74, 6) is 0.926. The number of halogens is 1. The number of hydrogen-bond donors (Lipinski definition) is 2. The number of aryl methyl sites for hydroxylation is 1. The number of ether oxygens (including phenoxy) is 1. The maximum atomic E-state index is 5.66. The number of guanidine groups is 1. The van der Waals surface area contributed by atoms with Gasteiger partial charge in [0.05, 0.1) is 12.6 Å². The fourth-order valence-corrected chi connectivity index (χ4v) is 4.04. The summed E-state index contributed by atoms with van der Waals surface area (Å²) < 4.78 is 5.66. The molecule has 0 spiro atoms. The number of anilines is 1. The second-order valence-corrected chi connectivity index (χ2v) is 8.16. The molecule has 0 saturated carbocycles. The molecule has 0 bridgehead atoms. The molecule has 1 atom stereocenters. The van der Waals surface area contributed by atoms with Gasteiger partial charge >= 0.3 is 0 Å². The van der Waals surface area contributed by atoms with Crippen LogP contribution in [0.3, 0.4) is 0 Å². The predicted octanol–water partition coefficient (Wildman–Crippen LogP) is 3.25. The molecule has 0 aliphatic carbocycles. The Morgan fingerprint density at radius 1 is 1.17 bits per heavy atom. The molecule has 1 unspecified atom stereocenters. The van der Waals surface area contributed by atoms with Crippen LogP contribution < -0.4 is 15.5 Å². The van der Waals surface area contributed by atoms with Crippen molar-refractivity contribution in [2.45, 2.75) is 45.6 Å². The van der Waals surface area contributed by atoms with Crippen molar-refractivity contribution in [3.8, 4) is 0 Å². The van der Waals surface area contributed by atoms with Gasteiger partial charge in [0.15, 0.2) is 5.96 Å². The van der Waals surface area contributed by atoms with Crippen LogP contribution in [0.4, 0.5) is 5.69 Å². The molecule has 30 heavy (non-hydrogen) atoms. The van der Waals surface area contributed by atoms with Gasteiger partial charge in [-0.1, -0.05) is 12.1 Å². The van der Waals surface area contributed by atoms with Gasteiger partial charge in [-0.3, -0.25) is 9.89 Å². The summed E-state index contributed by atoms with van der Waals surface area (Å²) >= 11 is 0. The average Bonchev–Trinajstić information content (AvgIpc) is 3.26. The number of piperazine rings is 1. The smallest absolute Gasteiger partial charge is 0.191 e. The molecule has 1 aromatic carbocycles. The van der Waals surface area contributed by atoms with E-state index < -0.39 is 0 Å². The van der Waals surface area contributed by atoms with Crippen LogP contribution in [-0.2, 0) is 4.74 Å². The topological polar surface area (TPSA) is 52.1 Å². The molecule has 0 aromatic heterocycles. The van der Waals surface area contributed by atoms with Gasteiger partial charge < -0.3 is 20.3 Å². The third-order valence-electron chi connectivity index (χ3n) is 5.75. The van der Waals surface area contributed by atoms with Crippen LogP contribution in [0.15, 0.2) is 29.3 Å². The first-order valence-electron chi connectivity index (χ1n) is 11.4. The standard InChI is InChI=1S/C23H39N5O.HI/c1-3-24-23(26-19-22-10-7-17-29-22)25-11-4-5-12-27-13-15-28(16-14-27)21-9-6-8-20(2)18-21;/h6,8-9,18,22H,3-5,7,10-17,19H2,1-2H3,(H2,24,25,26);1H. The summed E-state index contributed by atoms with van der Waals surface area (Å²) in [6.07, 6.45) is 5.01. The van der Waals surface area contributed by atoms with Gasteiger partial charge in [0, 0.05) is 51.6 Å². The third kappa shape index (κ3) is 8.59. The van der Waals surface area contributed by atoms with E-state index >= 15 is 0 Å². The zero-order valence-corrected chi connectivity index (χ0v) is 21.1. The Labute approximate surface area is 199 Å². The van der Waals surface area contributed by atoms with E-state index in [1.807, 2.05) is 0 Å². The first-order chi connectivity index (χ1) is 14.2. The van der Waals surface area contributed by atoms with Gasteiger partial charge in [-0.25, -0.2) is 0 Å². The molecule has 3 rings (SSSR count). The van der Waals surface area contributed by atoms with Crippen molar-refractivity contribution >= 4 is 35.6 Å². The molecule has 170 valence electrons. The number of unbranched alkanes of at least 4 members (excludes halogenated alkanes) is 1. The van der Waals surface area contributed by atoms with Crippen molar-refractivity contribution in [3.05, 3.63) is 29.8 Å². The summed E-state index contributed by atoms with van der Waals surface area (Å²) in [7, 11) is 0. The molecule has 2 N–H and O–H groups in total. The summed E-state index contributed by atoms with van der Waals surface area (Å²) in [6, 6.07) is 8.86. The molecule has 2 saturated heterocycles. The average molecular weight is 530 g/mol. The van der Waals surface area contributed by atoms with E-state index in [0.29, 0.717) is 6.10 Å². The second-order valence-electron chi connectivity index (χ2n) is 8.16.